The molecule has 5 heteroatoms. The van der Waals surface area contributed by atoms with Crippen LogP contribution in [0.2, 0.25) is 0 Å². The van der Waals surface area contributed by atoms with Gasteiger partial charge in [-0.15, -0.1) is 11.3 Å². The number of benzene rings is 1. The summed E-state index contributed by atoms with van der Waals surface area (Å²) >= 11 is 1.56. The Bertz CT molecular complexity index is 753. The summed E-state index contributed by atoms with van der Waals surface area (Å²) in [4.78, 5) is 16.9. The van der Waals surface area contributed by atoms with Crippen LogP contribution in [0, 0.1) is 0 Å². The molecular weight excluding hydrogens is 308 g/mol. The van der Waals surface area contributed by atoms with E-state index in [1.54, 1.807) is 17.5 Å². The molecule has 3 aromatic rings. The van der Waals surface area contributed by atoms with Crippen LogP contribution < -0.4 is 5.32 Å². The molecule has 2 N–H and O–H groups in total. The van der Waals surface area contributed by atoms with Gasteiger partial charge >= 0.3 is 0 Å². The number of amides is 1. The highest BCUT2D eigenvalue weighted by Gasteiger charge is 2.12. The third-order valence-electron chi connectivity index (χ3n) is 3.60. The minimum absolute atomic E-state index is 0.0733. The van der Waals surface area contributed by atoms with Crippen molar-refractivity contribution >= 4 is 27.3 Å². The highest BCUT2D eigenvalue weighted by atomic mass is 32.1. The van der Waals surface area contributed by atoms with Gasteiger partial charge in [0.1, 0.15) is 6.10 Å². The Morgan fingerprint density at radius 2 is 2.04 bits per heavy atom. The molecule has 0 saturated carbocycles. The molecule has 4 nitrogen and oxygen atoms in total. The molecule has 0 fully saturated rings. The number of pyridine rings is 1. The maximum Gasteiger partial charge on any atom is 0.220 e. The Morgan fingerprint density at radius 1 is 1.22 bits per heavy atom. The molecule has 0 aliphatic carbocycles. The third kappa shape index (κ3) is 4.15. The zero-order chi connectivity index (χ0) is 16.1. The summed E-state index contributed by atoms with van der Waals surface area (Å²) in [7, 11) is 0. The van der Waals surface area contributed by atoms with Crippen molar-refractivity contribution < 1.29 is 9.90 Å². The summed E-state index contributed by atoms with van der Waals surface area (Å²) in [5, 5.41) is 14.1. The van der Waals surface area contributed by atoms with Gasteiger partial charge in [-0.2, -0.15) is 0 Å². The van der Waals surface area contributed by atoms with E-state index < -0.39 is 6.10 Å². The summed E-state index contributed by atoms with van der Waals surface area (Å²) in [5.74, 6) is -0.0733. The first-order chi connectivity index (χ1) is 11.2. The van der Waals surface area contributed by atoms with Crippen molar-refractivity contribution in [2.24, 2.45) is 0 Å². The number of fused-ring (bicyclic) bond motifs is 1. The van der Waals surface area contributed by atoms with E-state index in [1.807, 2.05) is 48.5 Å². The average Bonchev–Trinajstić information content (AvgIpc) is 3.03. The summed E-state index contributed by atoms with van der Waals surface area (Å²) in [6, 6.07) is 15.6. The van der Waals surface area contributed by atoms with E-state index in [4.69, 9.17) is 0 Å². The number of carbonyl (C=O) groups excluding carboxylic acids is 1. The van der Waals surface area contributed by atoms with Crippen LogP contribution in [-0.4, -0.2) is 22.5 Å². The lowest BCUT2D eigenvalue weighted by Gasteiger charge is -2.10. The van der Waals surface area contributed by atoms with Crippen molar-refractivity contribution in [2.75, 3.05) is 6.54 Å². The number of aryl methyl sites for hydroxylation is 1. The molecule has 0 radical (unpaired) electrons. The van der Waals surface area contributed by atoms with Gasteiger partial charge in [0.05, 0.1) is 0 Å². The highest BCUT2D eigenvalue weighted by Crippen LogP contribution is 2.29. The van der Waals surface area contributed by atoms with Gasteiger partial charge in [-0.3, -0.25) is 9.78 Å². The van der Waals surface area contributed by atoms with Crippen LogP contribution in [0.1, 0.15) is 23.1 Å². The molecular formula is C18H18N2O2S. The molecule has 0 bridgehead atoms. The largest absolute Gasteiger partial charge is 0.386 e. The van der Waals surface area contributed by atoms with E-state index in [-0.39, 0.29) is 12.5 Å². The van der Waals surface area contributed by atoms with E-state index in [0.717, 1.165) is 20.7 Å². The number of thiophene rings is 1. The van der Waals surface area contributed by atoms with Gasteiger partial charge in [-0.05, 0) is 36.1 Å². The maximum absolute atomic E-state index is 11.9. The fraction of sp³-hybridized carbons (Fsp3) is 0.222. The van der Waals surface area contributed by atoms with E-state index in [2.05, 4.69) is 10.3 Å². The zero-order valence-electron chi connectivity index (χ0n) is 12.6. The molecule has 1 aromatic carbocycles. The smallest absolute Gasteiger partial charge is 0.220 e. The molecule has 2 heterocycles. The van der Waals surface area contributed by atoms with Gasteiger partial charge in [-0.25, -0.2) is 0 Å². The lowest BCUT2D eigenvalue weighted by molar-refractivity contribution is -0.121. The molecule has 2 aromatic heterocycles. The van der Waals surface area contributed by atoms with Crippen molar-refractivity contribution in [1.82, 2.24) is 10.3 Å². The van der Waals surface area contributed by atoms with Crippen LogP contribution in [0.15, 0.2) is 54.7 Å². The summed E-state index contributed by atoms with van der Waals surface area (Å²) in [6.07, 6.45) is 2.02. The Hall–Kier alpha value is -2.24. The number of hydrogen-bond donors (Lipinski definition) is 2. The number of aliphatic hydroxyl groups excluding tert-OH is 1. The second-order valence-corrected chi connectivity index (χ2v) is 6.44. The van der Waals surface area contributed by atoms with Crippen LogP contribution in [0.4, 0.5) is 0 Å². The lowest BCUT2D eigenvalue weighted by atomic mass is 10.2. The number of nitrogens with one attached hydrogen (secondary N) is 1. The topological polar surface area (TPSA) is 62.2 Å². The Balaban J connectivity index is 1.50. The van der Waals surface area contributed by atoms with E-state index in [0.29, 0.717) is 12.8 Å². The monoisotopic (exact) mass is 326 g/mol. The highest BCUT2D eigenvalue weighted by molar-refractivity contribution is 7.19. The predicted octanol–water partition coefficient (Wildman–Crippen LogP) is 3.08. The van der Waals surface area contributed by atoms with E-state index >= 15 is 0 Å². The number of nitrogens with zero attached hydrogens (tertiary/aromatic N) is 1. The van der Waals surface area contributed by atoms with Crippen LogP contribution in [0.3, 0.4) is 0 Å². The van der Waals surface area contributed by atoms with Gasteiger partial charge in [0.2, 0.25) is 5.91 Å². The predicted molar refractivity (Wildman–Crippen MR) is 92.4 cm³/mol. The van der Waals surface area contributed by atoms with Crippen molar-refractivity contribution in [3.05, 3.63) is 65.3 Å². The molecule has 1 amide bonds. The average molecular weight is 326 g/mol. The molecule has 0 aliphatic heterocycles. The third-order valence-corrected chi connectivity index (χ3v) is 4.82. The van der Waals surface area contributed by atoms with Crippen molar-refractivity contribution in [3.63, 3.8) is 0 Å². The molecule has 0 spiro atoms. The molecule has 0 aliphatic rings. The van der Waals surface area contributed by atoms with Gasteiger partial charge in [0.15, 0.2) is 0 Å². The van der Waals surface area contributed by atoms with Gasteiger partial charge in [-0.1, -0.05) is 24.3 Å². The van der Waals surface area contributed by atoms with Gasteiger partial charge in [0, 0.05) is 34.4 Å². The van der Waals surface area contributed by atoms with Crippen molar-refractivity contribution in [3.8, 4) is 0 Å². The minimum Gasteiger partial charge on any atom is -0.386 e. The van der Waals surface area contributed by atoms with Crippen LogP contribution in [-0.2, 0) is 11.2 Å². The first-order valence-corrected chi connectivity index (χ1v) is 8.37. The van der Waals surface area contributed by atoms with Crippen LogP contribution in [0.25, 0.3) is 10.1 Å². The van der Waals surface area contributed by atoms with Gasteiger partial charge in [0.25, 0.3) is 0 Å². The van der Waals surface area contributed by atoms with Crippen LogP contribution >= 0.6 is 11.3 Å². The standard InChI is InChI=1S/C18H18N2O2S/c21-15(17-11-13-5-1-2-7-16(13)23-17)12-20-18(22)9-8-14-6-3-4-10-19-14/h1-7,10-11,15,21H,8-9,12H2,(H,20,22). The number of carbonyl (C=O) groups is 1. The Morgan fingerprint density at radius 3 is 2.83 bits per heavy atom. The lowest BCUT2D eigenvalue weighted by Crippen LogP contribution is -2.28. The summed E-state index contributed by atoms with van der Waals surface area (Å²) in [6.45, 7) is 0.230. The van der Waals surface area contributed by atoms with E-state index in [9.17, 15) is 9.90 Å². The Kier molecular flexibility index (Phi) is 5.00. The fourth-order valence-corrected chi connectivity index (χ4v) is 3.40. The quantitative estimate of drug-likeness (QED) is 0.732. The second-order valence-electron chi connectivity index (χ2n) is 5.33. The normalized spacial score (nSPS) is 12.2. The first kappa shape index (κ1) is 15.6. The summed E-state index contributed by atoms with van der Waals surface area (Å²) < 4.78 is 1.14. The molecule has 23 heavy (non-hydrogen) atoms. The molecule has 1 atom stereocenters. The number of hydrogen-bond acceptors (Lipinski definition) is 4. The number of aliphatic hydroxyl groups is 1. The SMILES string of the molecule is O=C(CCc1ccccn1)NCC(O)c1cc2ccccc2s1. The van der Waals surface area contributed by atoms with E-state index in [1.165, 1.54) is 0 Å². The van der Waals surface area contributed by atoms with Crippen LogP contribution in [0.5, 0.6) is 0 Å². The molecule has 118 valence electrons. The zero-order valence-corrected chi connectivity index (χ0v) is 13.4. The Labute approximate surface area is 138 Å². The van der Waals surface area contributed by atoms with Crippen molar-refractivity contribution in [1.29, 1.82) is 0 Å². The number of aromatic nitrogens is 1. The fourth-order valence-electron chi connectivity index (χ4n) is 2.35. The molecule has 0 saturated heterocycles. The number of rotatable bonds is 6. The molecule has 1 unspecified atom stereocenters. The van der Waals surface area contributed by atoms with Gasteiger partial charge < -0.3 is 10.4 Å². The minimum atomic E-state index is -0.675. The maximum atomic E-state index is 11.9. The van der Waals surface area contributed by atoms with Crippen molar-refractivity contribution in [2.45, 2.75) is 18.9 Å². The summed E-state index contributed by atoms with van der Waals surface area (Å²) in [5.41, 5.74) is 0.896. The first-order valence-electron chi connectivity index (χ1n) is 7.55. The molecule has 3 rings (SSSR count). The second kappa shape index (κ2) is 7.35.